The van der Waals surface area contributed by atoms with Crippen LogP contribution in [-0.2, 0) is 16.0 Å². The molecular weight excluding hydrogens is 402 g/mol. The maximum Gasteiger partial charge on any atom is 0.191 e. The molecule has 0 saturated carbocycles. The highest BCUT2D eigenvalue weighted by Gasteiger charge is 2.31. The number of aliphatic imine (C=N–C) groups is 1. The lowest BCUT2D eigenvalue weighted by atomic mass is 9.97. The molecule has 3 rings (SSSR count). The zero-order chi connectivity index (χ0) is 22.6. The molecule has 0 aromatic heterocycles. The molecule has 2 aliphatic heterocycles. The predicted octanol–water partition coefficient (Wildman–Crippen LogP) is 2.19. The number of nitrogens with one attached hydrogen (secondary N) is 2. The van der Waals surface area contributed by atoms with Crippen LogP contribution in [0.25, 0.3) is 0 Å². The summed E-state index contributed by atoms with van der Waals surface area (Å²) < 4.78 is 11.3. The number of guanidine groups is 1. The molecule has 7 heteroatoms. The zero-order valence-corrected chi connectivity index (χ0v) is 20.3. The van der Waals surface area contributed by atoms with Crippen molar-refractivity contribution < 1.29 is 9.47 Å². The van der Waals surface area contributed by atoms with Gasteiger partial charge >= 0.3 is 0 Å². The van der Waals surface area contributed by atoms with Crippen LogP contribution in [0, 0.1) is 5.92 Å². The van der Waals surface area contributed by atoms with Crippen molar-refractivity contribution in [3.05, 3.63) is 35.9 Å². The minimum Gasteiger partial charge on any atom is -0.381 e. The van der Waals surface area contributed by atoms with Crippen molar-refractivity contribution in [1.29, 1.82) is 0 Å². The highest BCUT2D eigenvalue weighted by molar-refractivity contribution is 5.79. The van der Waals surface area contributed by atoms with Crippen LogP contribution in [0.15, 0.2) is 35.3 Å². The SMILES string of the molecule is CCNC(=NCC(C1CCOC1)N1CCOCC1)NCCC(C)N(C)Cc1ccccc1. The molecule has 2 N–H and O–H groups in total. The Bertz CT molecular complexity index is 660. The van der Waals surface area contributed by atoms with Gasteiger partial charge in [-0.1, -0.05) is 30.3 Å². The number of nitrogens with zero attached hydrogens (tertiary/aromatic N) is 3. The second kappa shape index (κ2) is 13.8. The Morgan fingerprint density at radius 1 is 1.16 bits per heavy atom. The summed E-state index contributed by atoms with van der Waals surface area (Å²) in [6, 6.07) is 11.6. The number of morpholine rings is 1. The summed E-state index contributed by atoms with van der Waals surface area (Å²) in [5.74, 6) is 1.48. The fourth-order valence-corrected chi connectivity index (χ4v) is 4.50. The summed E-state index contributed by atoms with van der Waals surface area (Å²) in [6.45, 7) is 13.3. The van der Waals surface area contributed by atoms with Crippen LogP contribution in [0.2, 0.25) is 0 Å². The number of ether oxygens (including phenoxy) is 2. The van der Waals surface area contributed by atoms with Crippen molar-refractivity contribution in [3.8, 4) is 0 Å². The number of benzene rings is 1. The van der Waals surface area contributed by atoms with Crippen LogP contribution < -0.4 is 10.6 Å². The highest BCUT2D eigenvalue weighted by Crippen LogP contribution is 2.22. The maximum absolute atomic E-state index is 5.70. The molecule has 180 valence electrons. The molecule has 3 unspecified atom stereocenters. The van der Waals surface area contributed by atoms with E-state index in [-0.39, 0.29) is 0 Å². The van der Waals surface area contributed by atoms with E-state index < -0.39 is 0 Å². The molecule has 2 fully saturated rings. The largest absolute Gasteiger partial charge is 0.381 e. The van der Waals surface area contributed by atoms with Gasteiger partial charge in [-0.25, -0.2) is 0 Å². The first-order valence-corrected chi connectivity index (χ1v) is 12.3. The first-order valence-electron chi connectivity index (χ1n) is 12.3. The quantitative estimate of drug-likeness (QED) is 0.402. The summed E-state index contributed by atoms with van der Waals surface area (Å²) in [5.41, 5.74) is 1.36. The first kappa shape index (κ1) is 25.0. The van der Waals surface area contributed by atoms with Crippen LogP contribution in [0.1, 0.15) is 32.3 Å². The van der Waals surface area contributed by atoms with E-state index >= 15 is 0 Å². The third-order valence-electron chi connectivity index (χ3n) is 6.69. The summed E-state index contributed by atoms with van der Waals surface area (Å²) in [6.07, 6.45) is 2.20. The van der Waals surface area contributed by atoms with E-state index in [4.69, 9.17) is 14.5 Å². The van der Waals surface area contributed by atoms with E-state index in [1.807, 2.05) is 0 Å². The number of rotatable bonds is 11. The summed E-state index contributed by atoms with van der Waals surface area (Å²) in [5, 5.41) is 6.98. The second-order valence-electron chi connectivity index (χ2n) is 9.02. The Balaban J connectivity index is 1.49. The molecule has 1 aromatic rings. The first-order chi connectivity index (χ1) is 15.7. The van der Waals surface area contributed by atoms with E-state index in [2.05, 4.69) is 71.7 Å². The van der Waals surface area contributed by atoms with Gasteiger partial charge in [0, 0.05) is 57.3 Å². The monoisotopic (exact) mass is 445 g/mol. The Morgan fingerprint density at radius 2 is 1.94 bits per heavy atom. The summed E-state index contributed by atoms with van der Waals surface area (Å²) in [7, 11) is 2.20. The lowest BCUT2D eigenvalue weighted by Gasteiger charge is -2.36. The topological polar surface area (TPSA) is 61.4 Å². The molecular formula is C25H43N5O2. The normalized spacial score (nSPS) is 22.1. The summed E-state index contributed by atoms with van der Waals surface area (Å²) >= 11 is 0. The molecule has 32 heavy (non-hydrogen) atoms. The third-order valence-corrected chi connectivity index (χ3v) is 6.69. The van der Waals surface area contributed by atoms with Crippen molar-refractivity contribution in [3.63, 3.8) is 0 Å². The highest BCUT2D eigenvalue weighted by atomic mass is 16.5. The van der Waals surface area contributed by atoms with Crippen molar-refractivity contribution in [2.45, 2.75) is 45.3 Å². The third kappa shape index (κ3) is 8.03. The van der Waals surface area contributed by atoms with Gasteiger partial charge in [-0.2, -0.15) is 0 Å². The Kier molecular flexibility index (Phi) is 10.8. The number of hydrogen-bond acceptors (Lipinski definition) is 5. The molecule has 0 bridgehead atoms. The standard InChI is InChI=1S/C25H43N5O2/c1-4-26-25(27-12-10-21(2)29(3)19-22-8-6-5-7-9-22)28-18-24(23-11-15-32-20-23)30-13-16-31-17-14-30/h5-9,21,23-24H,4,10-20H2,1-3H3,(H2,26,27,28). The van der Waals surface area contributed by atoms with Crippen LogP contribution in [0.5, 0.6) is 0 Å². The van der Waals surface area contributed by atoms with Gasteiger partial charge in [0.1, 0.15) is 0 Å². The van der Waals surface area contributed by atoms with E-state index in [1.165, 1.54) is 5.56 Å². The molecule has 0 spiro atoms. The fraction of sp³-hybridized carbons (Fsp3) is 0.720. The molecule has 0 radical (unpaired) electrons. The van der Waals surface area contributed by atoms with Gasteiger partial charge < -0.3 is 20.1 Å². The smallest absolute Gasteiger partial charge is 0.191 e. The molecule has 0 aliphatic carbocycles. The van der Waals surface area contributed by atoms with Crippen molar-refractivity contribution in [2.75, 3.05) is 66.2 Å². The van der Waals surface area contributed by atoms with E-state index in [9.17, 15) is 0 Å². The minimum absolute atomic E-state index is 0.424. The van der Waals surface area contributed by atoms with Gasteiger partial charge in [-0.15, -0.1) is 0 Å². The van der Waals surface area contributed by atoms with Crippen LogP contribution in [0.4, 0.5) is 0 Å². The molecule has 2 saturated heterocycles. The lowest BCUT2D eigenvalue weighted by Crippen LogP contribution is -2.49. The van der Waals surface area contributed by atoms with Gasteiger partial charge in [-0.05, 0) is 39.3 Å². The van der Waals surface area contributed by atoms with E-state index in [0.717, 1.165) is 84.5 Å². The van der Waals surface area contributed by atoms with Gasteiger partial charge in [0.15, 0.2) is 5.96 Å². The average Bonchev–Trinajstić information content (AvgIpc) is 3.35. The second-order valence-corrected chi connectivity index (χ2v) is 9.02. The Morgan fingerprint density at radius 3 is 2.62 bits per heavy atom. The van der Waals surface area contributed by atoms with Crippen LogP contribution >= 0.6 is 0 Å². The van der Waals surface area contributed by atoms with Crippen LogP contribution in [-0.4, -0.2) is 94.0 Å². The lowest BCUT2D eigenvalue weighted by molar-refractivity contribution is 0.00368. The molecule has 2 aliphatic rings. The fourth-order valence-electron chi connectivity index (χ4n) is 4.50. The molecule has 2 heterocycles. The Hall–Kier alpha value is -1.67. The molecule has 1 aromatic carbocycles. The van der Waals surface area contributed by atoms with Gasteiger partial charge in [-0.3, -0.25) is 14.8 Å². The van der Waals surface area contributed by atoms with E-state index in [0.29, 0.717) is 18.0 Å². The molecule has 7 nitrogen and oxygen atoms in total. The van der Waals surface area contributed by atoms with Crippen molar-refractivity contribution >= 4 is 5.96 Å². The van der Waals surface area contributed by atoms with Crippen molar-refractivity contribution in [2.24, 2.45) is 10.9 Å². The average molecular weight is 446 g/mol. The minimum atomic E-state index is 0.424. The Labute approximate surface area is 194 Å². The predicted molar refractivity (Wildman–Crippen MR) is 131 cm³/mol. The van der Waals surface area contributed by atoms with Gasteiger partial charge in [0.25, 0.3) is 0 Å². The maximum atomic E-state index is 5.70. The van der Waals surface area contributed by atoms with Gasteiger partial charge in [0.05, 0.1) is 26.4 Å². The number of hydrogen-bond donors (Lipinski definition) is 2. The van der Waals surface area contributed by atoms with Crippen molar-refractivity contribution in [1.82, 2.24) is 20.4 Å². The molecule has 3 atom stereocenters. The van der Waals surface area contributed by atoms with Crippen LogP contribution in [0.3, 0.4) is 0 Å². The summed E-state index contributed by atoms with van der Waals surface area (Å²) in [4.78, 5) is 9.95. The molecule has 0 amide bonds. The van der Waals surface area contributed by atoms with E-state index in [1.54, 1.807) is 0 Å². The zero-order valence-electron chi connectivity index (χ0n) is 20.3. The van der Waals surface area contributed by atoms with Gasteiger partial charge in [0.2, 0.25) is 0 Å².